The molecule has 0 radical (unpaired) electrons. The summed E-state index contributed by atoms with van der Waals surface area (Å²) >= 11 is 0. The van der Waals surface area contributed by atoms with Gasteiger partial charge >= 0.3 is 0 Å². The van der Waals surface area contributed by atoms with E-state index in [4.69, 9.17) is 0 Å². The highest BCUT2D eigenvalue weighted by Crippen LogP contribution is 2.41. The highest BCUT2D eigenvalue weighted by atomic mass is 16.3. The molecule has 7 nitrogen and oxygen atoms in total. The van der Waals surface area contributed by atoms with Gasteiger partial charge in [-0.3, -0.25) is 14.7 Å². The van der Waals surface area contributed by atoms with E-state index in [0.717, 1.165) is 35.2 Å². The van der Waals surface area contributed by atoms with E-state index in [2.05, 4.69) is 35.4 Å². The first kappa shape index (κ1) is 24.3. The number of aliphatic hydroxyl groups excluding tert-OH is 1. The van der Waals surface area contributed by atoms with E-state index in [1.165, 1.54) is 11.3 Å². The lowest BCUT2D eigenvalue weighted by molar-refractivity contribution is 0.0670. The Bertz CT molecular complexity index is 1310. The van der Waals surface area contributed by atoms with Gasteiger partial charge in [-0.1, -0.05) is 32.0 Å². The van der Waals surface area contributed by atoms with Crippen molar-refractivity contribution in [2.24, 2.45) is 5.41 Å². The number of aromatic amines is 1. The zero-order chi connectivity index (χ0) is 25.6. The lowest BCUT2D eigenvalue weighted by Crippen LogP contribution is -2.31. The van der Waals surface area contributed by atoms with Crippen molar-refractivity contribution in [3.63, 3.8) is 0 Å². The van der Waals surface area contributed by atoms with Crippen LogP contribution in [0.2, 0.25) is 0 Å². The van der Waals surface area contributed by atoms with Crippen LogP contribution in [-0.2, 0) is 19.4 Å². The quantitative estimate of drug-likeness (QED) is 0.460. The van der Waals surface area contributed by atoms with E-state index in [1.54, 1.807) is 12.1 Å². The molecule has 1 unspecified atom stereocenters. The average molecular weight is 487 g/mol. The molecule has 5 rings (SSSR count). The summed E-state index contributed by atoms with van der Waals surface area (Å²) in [7, 11) is 0. The van der Waals surface area contributed by atoms with Crippen LogP contribution in [0.1, 0.15) is 83.3 Å². The predicted molar refractivity (Wildman–Crippen MR) is 139 cm³/mol. The predicted octanol–water partition coefficient (Wildman–Crippen LogP) is 4.42. The van der Waals surface area contributed by atoms with Gasteiger partial charge in [-0.15, -0.1) is 0 Å². The Balaban J connectivity index is 1.40. The van der Waals surface area contributed by atoms with Crippen molar-refractivity contribution in [3.05, 3.63) is 76.0 Å². The largest absolute Gasteiger partial charge is 0.396 e. The minimum absolute atomic E-state index is 0.0370. The fourth-order valence-electron chi connectivity index (χ4n) is 5.57. The summed E-state index contributed by atoms with van der Waals surface area (Å²) in [6.07, 6.45) is 2.40. The number of fused-ring (bicyclic) bond motifs is 2. The summed E-state index contributed by atoms with van der Waals surface area (Å²) < 4.78 is 0. The van der Waals surface area contributed by atoms with Crippen molar-refractivity contribution >= 4 is 11.8 Å². The summed E-state index contributed by atoms with van der Waals surface area (Å²) in [5, 5.41) is 20.5. The van der Waals surface area contributed by atoms with Crippen LogP contribution in [0.5, 0.6) is 0 Å². The summed E-state index contributed by atoms with van der Waals surface area (Å²) in [5.41, 5.74) is 7.87. The summed E-state index contributed by atoms with van der Waals surface area (Å²) in [5.74, 6) is -0.161. The van der Waals surface area contributed by atoms with Crippen LogP contribution in [0.4, 0.5) is 0 Å². The summed E-state index contributed by atoms with van der Waals surface area (Å²) in [4.78, 5) is 27.6. The van der Waals surface area contributed by atoms with E-state index >= 15 is 0 Å². The number of benzene rings is 2. The molecule has 1 aromatic heterocycles. The molecule has 0 bridgehead atoms. The number of rotatable bonds is 7. The molecule has 188 valence electrons. The van der Waals surface area contributed by atoms with Gasteiger partial charge in [0.25, 0.3) is 11.8 Å². The molecule has 0 saturated carbocycles. The first-order chi connectivity index (χ1) is 17.2. The van der Waals surface area contributed by atoms with Gasteiger partial charge in [-0.25, -0.2) is 0 Å². The Morgan fingerprint density at radius 2 is 1.92 bits per heavy atom. The fraction of sp³-hybridized carbons (Fsp3) is 0.414. The van der Waals surface area contributed by atoms with Crippen LogP contribution in [-0.4, -0.2) is 44.7 Å². The van der Waals surface area contributed by atoms with Crippen LogP contribution in [0.25, 0.3) is 11.3 Å². The molecule has 3 N–H and O–H groups in total. The SMILES string of the molecule is CC(C)NC(=O)c1ccc(C(CCO)N2Cc3cc(-c4n[nH]c5c4CC(C)(C)C5)ccc3C2=O)cc1. The van der Waals surface area contributed by atoms with Gasteiger partial charge in [0, 0.05) is 47.1 Å². The molecule has 36 heavy (non-hydrogen) atoms. The highest BCUT2D eigenvalue weighted by Gasteiger charge is 2.35. The second kappa shape index (κ2) is 9.21. The molecule has 0 saturated heterocycles. The molecular formula is C29H34N4O3. The van der Waals surface area contributed by atoms with Crippen molar-refractivity contribution in [2.75, 3.05) is 6.61 Å². The number of amides is 2. The minimum atomic E-state index is -0.281. The third-order valence-electron chi connectivity index (χ3n) is 7.23. The lowest BCUT2D eigenvalue weighted by atomic mass is 9.90. The number of carbonyl (C=O) groups excluding carboxylic acids is 2. The number of hydrogen-bond acceptors (Lipinski definition) is 4. The second-order valence-electron chi connectivity index (χ2n) is 11.1. The van der Waals surface area contributed by atoms with Gasteiger partial charge in [0.2, 0.25) is 0 Å². The maximum absolute atomic E-state index is 13.4. The zero-order valence-corrected chi connectivity index (χ0v) is 21.4. The van der Waals surface area contributed by atoms with E-state index < -0.39 is 0 Å². The number of aliphatic hydroxyl groups is 1. The molecule has 1 atom stereocenters. The normalized spacial score (nSPS) is 16.8. The lowest BCUT2D eigenvalue weighted by Gasteiger charge is -2.28. The molecule has 2 aliphatic rings. The highest BCUT2D eigenvalue weighted by molar-refractivity contribution is 5.99. The Labute approximate surface area is 211 Å². The Kier molecular flexibility index (Phi) is 6.20. The molecule has 1 aliphatic carbocycles. The number of aromatic nitrogens is 2. The van der Waals surface area contributed by atoms with E-state index in [9.17, 15) is 14.7 Å². The Hall–Kier alpha value is -3.45. The second-order valence-corrected chi connectivity index (χ2v) is 11.1. The molecule has 2 aromatic carbocycles. The van der Waals surface area contributed by atoms with Crippen molar-refractivity contribution in [1.82, 2.24) is 20.4 Å². The molecule has 1 aliphatic heterocycles. The Morgan fingerprint density at radius 1 is 1.17 bits per heavy atom. The molecule has 0 fully saturated rings. The van der Waals surface area contributed by atoms with Gasteiger partial charge in [-0.05, 0) is 73.9 Å². The Morgan fingerprint density at radius 3 is 2.61 bits per heavy atom. The van der Waals surface area contributed by atoms with Crippen molar-refractivity contribution < 1.29 is 14.7 Å². The number of hydrogen-bond donors (Lipinski definition) is 3. The van der Waals surface area contributed by atoms with Crippen LogP contribution in [0, 0.1) is 5.41 Å². The van der Waals surface area contributed by atoms with Gasteiger partial charge in [0.1, 0.15) is 0 Å². The maximum Gasteiger partial charge on any atom is 0.255 e. The topological polar surface area (TPSA) is 98.3 Å². The molecule has 2 heterocycles. The summed E-state index contributed by atoms with van der Waals surface area (Å²) in [6.45, 7) is 8.82. The maximum atomic E-state index is 13.4. The number of H-pyrrole nitrogens is 1. The van der Waals surface area contributed by atoms with Crippen LogP contribution in [0.15, 0.2) is 42.5 Å². The smallest absolute Gasteiger partial charge is 0.255 e. The van der Waals surface area contributed by atoms with Gasteiger partial charge in [-0.2, -0.15) is 5.10 Å². The average Bonchev–Trinajstić information content (AvgIpc) is 3.46. The third kappa shape index (κ3) is 4.44. The van der Waals surface area contributed by atoms with Crippen molar-refractivity contribution in [3.8, 4) is 11.3 Å². The van der Waals surface area contributed by atoms with Crippen molar-refractivity contribution in [2.45, 2.75) is 65.6 Å². The van der Waals surface area contributed by atoms with Crippen LogP contribution >= 0.6 is 0 Å². The number of nitrogens with zero attached hydrogens (tertiary/aromatic N) is 2. The fourth-order valence-corrected chi connectivity index (χ4v) is 5.57. The molecule has 0 spiro atoms. The van der Waals surface area contributed by atoms with E-state index in [0.29, 0.717) is 24.1 Å². The molecule has 2 amide bonds. The number of carbonyl (C=O) groups is 2. The van der Waals surface area contributed by atoms with Gasteiger partial charge in [0.05, 0.1) is 11.7 Å². The van der Waals surface area contributed by atoms with E-state index in [1.807, 2.05) is 43.0 Å². The number of nitrogens with one attached hydrogen (secondary N) is 2. The molecular weight excluding hydrogens is 452 g/mol. The molecule has 7 heteroatoms. The monoisotopic (exact) mass is 486 g/mol. The van der Waals surface area contributed by atoms with E-state index in [-0.39, 0.29) is 35.9 Å². The minimum Gasteiger partial charge on any atom is -0.396 e. The molecule has 3 aromatic rings. The van der Waals surface area contributed by atoms with Gasteiger partial charge < -0.3 is 15.3 Å². The first-order valence-corrected chi connectivity index (χ1v) is 12.7. The summed E-state index contributed by atoms with van der Waals surface area (Å²) in [6, 6.07) is 13.1. The van der Waals surface area contributed by atoms with Crippen LogP contribution < -0.4 is 5.32 Å². The van der Waals surface area contributed by atoms with Crippen molar-refractivity contribution in [1.29, 1.82) is 0 Å². The van der Waals surface area contributed by atoms with Gasteiger partial charge in [0.15, 0.2) is 0 Å². The zero-order valence-electron chi connectivity index (χ0n) is 21.4. The van der Waals surface area contributed by atoms with Crippen LogP contribution in [0.3, 0.4) is 0 Å². The standard InChI is InChI=1S/C29H34N4O3/c1-17(2)30-27(35)19-7-5-18(6-8-19)25(11-12-34)33-16-21-13-20(9-10-22(21)28(33)36)26-23-14-29(3,4)15-24(23)31-32-26/h5-10,13,17,25,34H,11-12,14-16H2,1-4H3,(H,30,35)(H,31,32). The third-order valence-corrected chi connectivity index (χ3v) is 7.23. The first-order valence-electron chi connectivity index (χ1n) is 12.7.